The minimum atomic E-state index is -0.328. The Balaban J connectivity index is 1.68. The van der Waals surface area contributed by atoms with Crippen LogP contribution < -0.4 is 10.6 Å². The van der Waals surface area contributed by atoms with Gasteiger partial charge in [-0.05, 0) is 43.5 Å². The van der Waals surface area contributed by atoms with Crippen molar-refractivity contribution in [1.29, 1.82) is 0 Å². The molecule has 0 spiro atoms. The molecule has 0 saturated carbocycles. The monoisotopic (exact) mass is 367 g/mol. The fourth-order valence-corrected chi connectivity index (χ4v) is 3.22. The van der Waals surface area contributed by atoms with E-state index in [1.165, 1.54) is 0 Å². The zero-order valence-corrected chi connectivity index (χ0v) is 15.4. The number of piperidine rings is 1. The lowest BCUT2D eigenvalue weighted by molar-refractivity contribution is -0.114. The molecule has 6 heteroatoms. The average Bonchev–Trinajstić information content (AvgIpc) is 2.68. The summed E-state index contributed by atoms with van der Waals surface area (Å²) in [5.74, 6) is -0.250. The highest BCUT2D eigenvalue weighted by Crippen LogP contribution is 2.23. The molecular formula is C21H25N3O3. The second kappa shape index (κ2) is 8.68. The lowest BCUT2D eigenvalue weighted by atomic mass is 10.0. The Kier molecular flexibility index (Phi) is 6.08. The maximum Gasteiger partial charge on any atom is 0.255 e. The van der Waals surface area contributed by atoms with E-state index in [2.05, 4.69) is 10.6 Å². The molecule has 0 atom stereocenters. The van der Waals surface area contributed by atoms with Crippen LogP contribution >= 0.6 is 0 Å². The third-order valence-corrected chi connectivity index (χ3v) is 4.74. The van der Waals surface area contributed by atoms with Gasteiger partial charge in [-0.3, -0.25) is 9.59 Å². The zero-order chi connectivity index (χ0) is 19.2. The Bertz CT molecular complexity index is 800. The van der Waals surface area contributed by atoms with Gasteiger partial charge in [-0.1, -0.05) is 30.3 Å². The number of likely N-dealkylation sites (tertiary alicyclic amines) is 1. The van der Waals surface area contributed by atoms with Crippen LogP contribution in [0, 0.1) is 6.92 Å². The minimum absolute atomic E-state index is 0.0682. The van der Waals surface area contributed by atoms with Crippen LogP contribution in [-0.2, 0) is 4.79 Å². The van der Waals surface area contributed by atoms with Gasteiger partial charge in [0.15, 0.2) is 0 Å². The van der Waals surface area contributed by atoms with Gasteiger partial charge in [-0.25, -0.2) is 0 Å². The van der Waals surface area contributed by atoms with Crippen molar-refractivity contribution in [2.75, 3.05) is 30.3 Å². The van der Waals surface area contributed by atoms with E-state index in [9.17, 15) is 14.7 Å². The zero-order valence-electron chi connectivity index (χ0n) is 15.4. The number of hydrogen-bond donors (Lipinski definition) is 3. The quantitative estimate of drug-likeness (QED) is 0.759. The van der Waals surface area contributed by atoms with E-state index >= 15 is 0 Å². The number of nitrogens with zero attached hydrogens (tertiary/aromatic N) is 1. The van der Waals surface area contributed by atoms with Crippen molar-refractivity contribution in [3.8, 4) is 0 Å². The van der Waals surface area contributed by atoms with Crippen molar-refractivity contribution >= 4 is 23.2 Å². The lowest BCUT2D eigenvalue weighted by Gasteiger charge is -2.30. The number of benzene rings is 2. The van der Waals surface area contributed by atoms with Crippen molar-refractivity contribution in [2.24, 2.45) is 0 Å². The molecule has 2 aromatic carbocycles. The average molecular weight is 367 g/mol. The molecule has 1 fully saturated rings. The van der Waals surface area contributed by atoms with Gasteiger partial charge in [0.2, 0.25) is 5.91 Å². The molecule has 1 saturated heterocycles. The van der Waals surface area contributed by atoms with Gasteiger partial charge in [-0.15, -0.1) is 0 Å². The SMILES string of the molecule is Cc1cccc(C(=O)N2CCC(O)CC2)c1NCC(=O)Nc1ccccc1. The number of aliphatic hydroxyl groups excluding tert-OH is 1. The molecule has 142 valence electrons. The van der Waals surface area contributed by atoms with E-state index in [-0.39, 0.29) is 24.5 Å². The van der Waals surface area contributed by atoms with Gasteiger partial charge in [0.05, 0.1) is 23.9 Å². The molecule has 3 rings (SSSR count). The smallest absolute Gasteiger partial charge is 0.255 e. The van der Waals surface area contributed by atoms with Gasteiger partial charge in [-0.2, -0.15) is 0 Å². The maximum absolute atomic E-state index is 12.9. The maximum atomic E-state index is 12.9. The van der Waals surface area contributed by atoms with Crippen LogP contribution in [-0.4, -0.2) is 47.6 Å². The van der Waals surface area contributed by atoms with E-state index in [4.69, 9.17) is 0 Å². The van der Waals surface area contributed by atoms with Crippen LogP contribution in [0.2, 0.25) is 0 Å². The molecule has 0 unspecified atom stereocenters. The topological polar surface area (TPSA) is 81.7 Å². The van der Waals surface area contributed by atoms with Gasteiger partial charge in [0, 0.05) is 18.8 Å². The Morgan fingerprint density at radius 2 is 1.78 bits per heavy atom. The third-order valence-electron chi connectivity index (χ3n) is 4.74. The summed E-state index contributed by atoms with van der Waals surface area (Å²) < 4.78 is 0. The van der Waals surface area contributed by atoms with Gasteiger partial charge >= 0.3 is 0 Å². The van der Waals surface area contributed by atoms with E-state index in [0.717, 1.165) is 11.3 Å². The molecular weight excluding hydrogens is 342 g/mol. The first kappa shape index (κ1) is 18.9. The fourth-order valence-electron chi connectivity index (χ4n) is 3.22. The molecule has 1 heterocycles. The van der Waals surface area contributed by atoms with Gasteiger partial charge in [0.1, 0.15) is 0 Å². The molecule has 27 heavy (non-hydrogen) atoms. The fraction of sp³-hybridized carbons (Fsp3) is 0.333. The molecule has 1 aliphatic heterocycles. The van der Waals surface area contributed by atoms with Gasteiger partial charge < -0.3 is 20.6 Å². The van der Waals surface area contributed by atoms with E-state index in [1.54, 1.807) is 11.0 Å². The van der Waals surface area contributed by atoms with Crippen molar-refractivity contribution in [1.82, 2.24) is 4.90 Å². The Morgan fingerprint density at radius 3 is 2.48 bits per heavy atom. The van der Waals surface area contributed by atoms with E-state index in [0.29, 0.717) is 37.2 Å². The summed E-state index contributed by atoms with van der Waals surface area (Å²) in [6.45, 7) is 3.07. The Labute approximate surface area is 159 Å². The van der Waals surface area contributed by atoms with Crippen LogP contribution in [0.15, 0.2) is 48.5 Å². The highest BCUT2D eigenvalue weighted by molar-refractivity contribution is 6.01. The number of carbonyl (C=O) groups is 2. The molecule has 3 N–H and O–H groups in total. The third kappa shape index (κ3) is 4.86. The second-order valence-corrected chi connectivity index (χ2v) is 6.79. The van der Waals surface area contributed by atoms with Gasteiger partial charge in [0.25, 0.3) is 5.91 Å². The minimum Gasteiger partial charge on any atom is -0.393 e. The summed E-state index contributed by atoms with van der Waals surface area (Å²) in [6.07, 6.45) is 0.866. The van der Waals surface area contributed by atoms with E-state index < -0.39 is 0 Å². The molecule has 1 aliphatic rings. The van der Waals surface area contributed by atoms with Crippen LogP contribution in [0.1, 0.15) is 28.8 Å². The number of aryl methyl sites for hydroxylation is 1. The molecule has 0 bridgehead atoms. The highest BCUT2D eigenvalue weighted by atomic mass is 16.3. The van der Waals surface area contributed by atoms with Crippen LogP contribution in [0.25, 0.3) is 0 Å². The summed E-state index contributed by atoms with van der Waals surface area (Å²) in [7, 11) is 0. The number of hydrogen-bond acceptors (Lipinski definition) is 4. The molecule has 0 aliphatic carbocycles. The predicted octanol–water partition coefficient (Wildman–Crippen LogP) is 2.64. The largest absolute Gasteiger partial charge is 0.393 e. The van der Waals surface area contributed by atoms with Crippen LogP contribution in [0.3, 0.4) is 0 Å². The van der Waals surface area contributed by atoms with Crippen molar-refractivity contribution < 1.29 is 14.7 Å². The summed E-state index contributed by atoms with van der Waals surface area (Å²) in [6, 6.07) is 14.8. The first-order chi connectivity index (χ1) is 13.0. The first-order valence-corrected chi connectivity index (χ1v) is 9.20. The highest BCUT2D eigenvalue weighted by Gasteiger charge is 2.24. The standard InChI is InChI=1S/C21H25N3O3/c1-15-6-5-9-18(21(27)24-12-10-17(25)11-13-24)20(15)22-14-19(26)23-16-7-3-2-4-8-16/h2-9,17,22,25H,10-14H2,1H3,(H,23,26). The number of carbonyl (C=O) groups excluding carboxylic acids is 2. The van der Waals surface area contributed by atoms with Crippen LogP contribution in [0.5, 0.6) is 0 Å². The normalized spacial score (nSPS) is 14.7. The molecule has 0 radical (unpaired) electrons. The molecule has 6 nitrogen and oxygen atoms in total. The number of amides is 2. The summed E-state index contributed by atoms with van der Waals surface area (Å²) in [5, 5.41) is 15.6. The summed E-state index contributed by atoms with van der Waals surface area (Å²) in [4.78, 5) is 26.9. The van der Waals surface area contributed by atoms with E-state index in [1.807, 2.05) is 49.4 Å². The predicted molar refractivity (Wildman–Crippen MR) is 106 cm³/mol. The lowest BCUT2D eigenvalue weighted by Crippen LogP contribution is -2.40. The van der Waals surface area contributed by atoms with Crippen LogP contribution in [0.4, 0.5) is 11.4 Å². The number of nitrogens with one attached hydrogen (secondary N) is 2. The summed E-state index contributed by atoms with van der Waals surface area (Å²) >= 11 is 0. The first-order valence-electron chi connectivity index (χ1n) is 9.20. The summed E-state index contributed by atoms with van der Waals surface area (Å²) in [5.41, 5.74) is 2.87. The number of anilines is 2. The van der Waals surface area contributed by atoms with Crippen molar-refractivity contribution in [3.63, 3.8) is 0 Å². The number of para-hydroxylation sites is 2. The number of aliphatic hydroxyl groups is 1. The van der Waals surface area contributed by atoms with Crippen molar-refractivity contribution in [2.45, 2.75) is 25.9 Å². The second-order valence-electron chi connectivity index (χ2n) is 6.79. The number of rotatable bonds is 5. The Morgan fingerprint density at radius 1 is 1.07 bits per heavy atom. The molecule has 2 aromatic rings. The van der Waals surface area contributed by atoms with Crippen molar-refractivity contribution in [3.05, 3.63) is 59.7 Å². The molecule has 2 amide bonds. The molecule has 0 aromatic heterocycles. The Hall–Kier alpha value is -2.86.